The third-order valence-electron chi connectivity index (χ3n) is 3.57. The van der Waals surface area contributed by atoms with E-state index in [9.17, 15) is 0 Å². The minimum Gasteiger partial charge on any atom is -0.378 e. The lowest BCUT2D eigenvalue weighted by atomic mass is 9.91. The second-order valence-corrected chi connectivity index (χ2v) is 4.46. The molecule has 1 aliphatic heterocycles. The third kappa shape index (κ3) is 3.58. The van der Waals surface area contributed by atoms with Gasteiger partial charge >= 0.3 is 0 Å². The van der Waals surface area contributed by atoms with Crippen LogP contribution in [-0.2, 0) is 4.74 Å². The molecule has 0 saturated carbocycles. The molecule has 1 rings (SSSR count). The zero-order valence-electron chi connectivity index (χ0n) is 9.88. The van der Waals surface area contributed by atoms with Crippen molar-refractivity contribution in [1.82, 2.24) is 5.32 Å². The average molecular weight is 199 g/mol. The van der Waals surface area contributed by atoms with E-state index in [1.807, 2.05) is 0 Å². The zero-order chi connectivity index (χ0) is 10.4. The second-order valence-electron chi connectivity index (χ2n) is 4.46. The van der Waals surface area contributed by atoms with Crippen LogP contribution in [0.15, 0.2) is 0 Å². The molecule has 0 radical (unpaired) electrons. The van der Waals surface area contributed by atoms with Crippen molar-refractivity contribution in [3.63, 3.8) is 0 Å². The van der Waals surface area contributed by atoms with Gasteiger partial charge in [0.25, 0.3) is 0 Å². The lowest BCUT2D eigenvalue weighted by molar-refractivity contribution is 0.0961. The minimum atomic E-state index is 0.563. The molecule has 0 aromatic rings. The van der Waals surface area contributed by atoms with Crippen molar-refractivity contribution < 1.29 is 4.74 Å². The Balaban J connectivity index is 2.19. The standard InChI is InChI=1S/C12H25NO/c1-4-11(10(2)13-3)7-8-12-6-5-9-14-12/h10-13H,4-9H2,1-3H3. The Morgan fingerprint density at radius 2 is 2.29 bits per heavy atom. The average Bonchev–Trinajstić information content (AvgIpc) is 2.71. The summed E-state index contributed by atoms with van der Waals surface area (Å²) >= 11 is 0. The summed E-state index contributed by atoms with van der Waals surface area (Å²) in [5.74, 6) is 0.809. The molecule has 2 nitrogen and oxygen atoms in total. The molecule has 1 fully saturated rings. The van der Waals surface area contributed by atoms with E-state index in [-0.39, 0.29) is 0 Å². The van der Waals surface area contributed by atoms with E-state index in [2.05, 4.69) is 26.2 Å². The molecule has 3 unspecified atom stereocenters. The maximum Gasteiger partial charge on any atom is 0.0576 e. The van der Waals surface area contributed by atoms with E-state index < -0.39 is 0 Å². The summed E-state index contributed by atoms with van der Waals surface area (Å²) < 4.78 is 5.64. The molecule has 0 aromatic carbocycles. The molecule has 84 valence electrons. The number of rotatable bonds is 6. The lowest BCUT2D eigenvalue weighted by Gasteiger charge is -2.23. The van der Waals surface area contributed by atoms with Gasteiger partial charge in [-0.15, -0.1) is 0 Å². The Kier molecular flexibility index (Phi) is 5.49. The monoisotopic (exact) mass is 199 g/mol. The highest BCUT2D eigenvalue weighted by atomic mass is 16.5. The number of nitrogens with one attached hydrogen (secondary N) is 1. The van der Waals surface area contributed by atoms with Crippen LogP contribution in [0, 0.1) is 5.92 Å². The molecule has 2 heteroatoms. The van der Waals surface area contributed by atoms with Crippen LogP contribution in [0.2, 0.25) is 0 Å². The van der Waals surface area contributed by atoms with E-state index in [0.29, 0.717) is 12.1 Å². The van der Waals surface area contributed by atoms with Crippen molar-refractivity contribution in [2.75, 3.05) is 13.7 Å². The summed E-state index contributed by atoms with van der Waals surface area (Å²) in [7, 11) is 2.05. The fourth-order valence-electron chi connectivity index (χ4n) is 2.32. The Hall–Kier alpha value is -0.0800. The first-order valence-corrected chi connectivity index (χ1v) is 6.06. The van der Waals surface area contributed by atoms with E-state index in [1.54, 1.807) is 0 Å². The number of hydrogen-bond donors (Lipinski definition) is 1. The van der Waals surface area contributed by atoms with Crippen LogP contribution in [0.5, 0.6) is 0 Å². The molecule has 1 N–H and O–H groups in total. The Morgan fingerprint density at radius 1 is 1.50 bits per heavy atom. The molecule has 1 aliphatic rings. The summed E-state index contributed by atoms with van der Waals surface area (Å²) in [6, 6.07) is 0.640. The first-order chi connectivity index (χ1) is 6.77. The maximum atomic E-state index is 5.64. The normalized spacial score (nSPS) is 26.4. The largest absolute Gasteiger partial charge is 0.378 e. The van der Waals surface area contributed by atoms with E-state index >= 15 is 0 Å². The molecule has 0 amide bonds. The van der Waals surface area contributed by atoms with Gasteiger partial charge in [-0.05, 0) is 45.6 Å². The van der Waals surface area contributed by atoms with Crippen molar-refractivity contribution in [2.45, 2.75) is 58.1 Å². The summed E-state index contributed by atoms with van der Waals surface area (Å²) in [5.41, 5.74) is 0. The maximum absolute atomic E-state index is 5.64. The zero-order valence-corrected chi connectivity index (χ0v) is 9.88. The van der Waals surface area contributed by atoms with Gasteiger partial charge in [-0.1, -0.05) is 13.3 Å². The Labute approximate surface area is 88.4 Å². The number of ether oxygens (including phenoxy) is 1. The molecule has 0 spiro atoms. The van der Waals surface area contributed by atoms with Crippen LogP contribution in [0.25, 0.3) is 0 Å². The van der Waals surface area contributed by atoms with Gasteiger partial charge < -0.3 is 10.1 Å². The molecular weight excluding hydrogens is 174 g/mol. The van der Waals surface area contributed by atoms with Gasteiger partial charge in [0, 0.05) is 12.6 Å². The molecule has 0 bridgehead atoms. The van der Waals surface area contributed by atoms with Gasteiger partial charge in [0.15, 0.2) is 0 Å². The van der Waals surface area contributed by atoms with Crippen LogP contribution in [0.4, 0.5) is 0 Å². The molecule has 1 heterocycles. The fourth-order valence-corrected chi connectivity index (χ4v) is 2.32. The van der Waals surface area contributed by atoms with Crippen LogP contribution in [0.3, 0.4) is 0 Å². The molecule has 14 heavy (non-hydrogen) atoms. The number of hydrogen-bond acceptors (Lipinski definition) is 2. The van der Waals surface area contributed by atoms with Gasteiger partial charge in [-0.2, -0.15) is 0 Å². The van der Waals surface area contributed by atoms with Crippen molar-refractivity contribution >= 4 is 0 Å². The first-order valence-electron chi connectivity index (χ1n) is 6.06. The quantitative estimate of drug-likeness (QED) is 0.710. The highest BCUT2D eigenvalue weighted by molar-refractivity contribution is 4.73. The molecule has 0 aromatic heterocycles. The summed E-state index contributed by atoms with van der Waals surface area (Å²) in [6.07, 6.45) is 6.95. The SMILES string of the molecule is CCC(CCC1CCCO1)C(C)NC. The van der Waals surface area contributed by atoms with Gasteiger partial charge in [0.05, 0.1) is 6.10 Å². The topological polar surface area (TPSA) is 21.3 Å². The van der Waals surface area contributed by atoms with Crippen molar-refractivity contribution in [3.8, 4) is 0 Å². The summed E-state index contributed by atoms with van der Waals surface area (Å²) in [5, 5.41) is 3.35. The van der Waals surface area contributed by atoms with Crippen LogP contribution in [0.1, 0.15) is 46.0 Å². The van der Waals surface area contributed by atoms with Crippen molar-refractivity contribution in [1.29, 1.82) is 0 Å². The Morgan fingerprint density at radius 3 is 2.79 bits per heavy atom. The first kappa shape index (κ1) is 12.0. The smallest absolute Gasteiger partial charge is 0.0576 e. The summed E-state index contributed by atoms with van der Waals surface area (Å²) in [4.78, 5) is 0. The highest BCUT2D eigenvalue weighted by Gasteiger charge is 2.19. The molecule has 3 atom stereocenters. The van der Waals surface area contributed by atoms with Crippen molar-refractivity contribution in [2.24, 2.45) is 5.92 Å². The minimum absolute atomic E-state index is 0.563. The van der Waals surface area contributed by atoms with E-state index in [4.69, 9.17) is 4.74 Å². The molecule has 1 saturated heterocycles. The van der Waals surface area contributed by atoms with Gasteiger partial charge in [-0.25, -0.2) is 0 Å². The van der Waals surface area contributed by atoms with Crippen LogP contribution in [-0.4, -0.2) is 25.8 Å². The highest BCUT2D eigenvalue weighted by Crippen LogP contribution is 2.22. The predicted molar refractivity (Wildman–Crippen MR) is 60.5 cm³/mol. The van der Waals surface area contributed by atoms with Gasteiger partial charge in [0.1, 0.15) is 0 Å². The second kappa shape index (κ2) is 6.41. The summed E-state index contributed by atoms with van der Waals surface area (Å²) in [6.45, 7) is 5.56. The van der Waals surface area contributed by atoms with E-state index in [1.165, 1.54) is 32.1 Å². The van der Waals surface area contributed by atoms with Crippen molar-refractivity contribution in [3.05, 3.63) is 0 Å². The fraction of sp³-hybridized carbons (Fsp3) is 1.00. The van der Waals surface area contributed by atoms with Crippen LogP contribution < -0.4 is 5.32 Å². The molecular formula is C12H25NO. The van der Waals surface area contributed by atoms with Gasteiger partial charge in [-0.3, -0.25) is 0 Å². The molecule has 0 aliphatic carbocycles. The predicted octanol–water partition coefficient (Wildman–Crippen LogP) is 2.58. The van der Waals surface area contributed by atoms with E-state index in [0.717, 1.165) is 12.5 Å². The third-order valence-corrected chi connectivity index (χ3v) is 3.57. The van der Waals surface area contributed by atoms with Crippen LogP contribution >= 0.6 is 0 Å². The Bertz CT molecular complexity index is 143. The van der Waals surface area contributed by atoms with Gasteiger partial charge in [0.2, 0.25) is 0 Å². The lowest BCUT2D eigenvalue weighted by Crippen LogP contribution is -2.30.